The number of nitrogens with two attached hydrogens (primary N) is 1. The molecule has 1 saturated heterocycles. The van der Waals surface area contributed by atoms with Gasteiger partial charge in [0.25, 0.3) is 0 Å². The first kappa shape index (κ1) is 11.8. The molecule has 1 aliphatic rings. The van der Waals surface area contributed by atoms with Gasteiger partial charge in [0, 0.05) is 19.6 Å². The molecule has 0 spiro atoms. The summed E-state index contributed by atoms with van der Waals surface area (Å²) in [7, 11) is 0. The Balaban J connectivity index is 2.18. The molecule has 0 bridgehead atoms. The highest BCUT2D eigenvalue weighted by atomic mass is 16.2. The molecule has 1 aliphatic heterocycles. The second kappa shape index (κ2) is 6.23. The van der Waals surface area contributed by atoms with Crippen LogP contribution in [-0.4, -0.2) is 37.6 Å². The molecule has 15 heavy (non-hydrogen) atoms. The van der Waals surface area contributed by atoms with Crippen LogP contribution >= 0.6 is 0 Å². The predicted octanol–water partition coefficient (Wildman–Crippen LogP) is -1.09. The topological polar surface area (TPSA) is 96.2 Å². The summed E-state index contributed by atoms with van der Waals surface area (Å²) < 4.78 is 0. The third kappa shape index (κ3) is 4.64. The Labute approximate surface area is 89.0 Å². The minimum absolute atomic E-state index is 0.0478. The lowest BCUT2D eigenvalue weighted by Gasteiger charge is -2.14. The molecule has 0 aromatic carbocycles. The van der Waals surface area contributed by atoms with Gasteiger partial charge in [0.15, 0.2) is 0 Å². The van der Waals surface area contributed by atoms with Crippen LogP contribution in [0.1, 0.15) is 19.3 Å². The quantitative estimate of drug-likeness (QED) is 0.448. The molecule has 0 aromatic heterocycles. The average molecular weight is 214 g/mol. The van der Waals surface area contributed by atoms with E-state index in [1.54, 1.807) is 0 Å². The molecule has 5 N–H and O–H groups in total. The van der Waals surface area contributed by atoms with Crippen LogP contribution in [0.15, 0.2) is 0 Å². The fraction of sp³-hybridized carbons (Fsp3) is 0.778. The number of rotatable bonds is 4. The number of carbonyl (C=O) groups is 2. The van der Waals surface area contributed by atoms with Crippen molar-refractivity contribution in [3.05, 3.63) is 0 Å². The zero-order valence-electron chi connectivity index (χ0n) is 8.71. The van der Waals surface area contributed by atoms with Gasteiger partial charge in [0.1, 0.15) is 0 Å². The molecule has 6 nitrogen and oxygen atoms in total. The van der Waals surface area contributed by atoms with Gasteiger partial charge in [-0.3, -0.25) is 4.79 Å². The second-order valence-corrected chi connectivity index (χ2v) is 3.58. The van der Waals surface area contributed by atoms with Gasteiger partial charge in [0.2, 0.25) is 5.91 Å². The van der Waals surface area contributed by atoms with Crippen LogP contribution in [0, 0.1) is 0 Å². The van der Waals surface area contributed by atoms with Crippen LogP contribution in [0.4, 0.5) is 4.79 Å². The summed E-state index contributed by atoms with van der Waals surface area (Å²) in [6, 6.07) is -0.677. The van der Waals surface area contributed by atoms with Crippen LogP contribution < -0.4 is 21.7 Å². The van der Waals surface area contributed by atoms with Crippen LogP contribution in [0.25, 0.3) is 0 Å². The van der Waals surface area contributed by atoms with E-state index in [4.69, 9.17) is 5.73 Å². The monoisotopic (exact) mass is 214 g/mol. The maximum absolute atomic E-state index is 11.5. The Morgan fingerprint density at radius 2 is 2.27 bits per heavy atom. The smallest absolute Gasteiger partial charge is 0.312 e. The lowest BCUT2D eigenvalue weighted by molar-refractivity contribution is -0.122. The summed E-state index contributed by atoms with van der Waals surface area (Å²) in [6.07, 6.45) is 2.92. The van der Waals surface area contributed by atoms with Crippen LogP contribution in [0.3, 0.4) is 0 Å². The zero-order chi connectivity index (χ0) is 11.1. The molecule has 6 heteroatoms. The third-order valence-corrected chi connectivity index (χ3v) is 2.35. The molecule has 3 amide bonds. The Hall–Kier alpha value is -1.30. The fourth-order valence-electron chi connectivity index (χ4n) is 1.57. The summed E-state index contributed by atoms with van der Waals surface area (Å²) >= 11 is 0. The lowest BCUT2D eigenvalue weighted by atomic mass is 10.1. The van der Waals surface area contributed by atoms with Gasteiger partial charge in [0.05, 0.1) is 6.04 Å². The fourth-order valence-corrected chi connectivity index (χ4v) is 1.57. The van der Waals surface area contributed by atoms with Crippen LogP contribution in [0.5, 0.6) is 0 Å². The molecular weight excluding hydrogens is 196 g/mol. The van der Waals surface area contributed by atoms with E-state index in [1.165, 1.54) is 0 Å². The number of urea groups is 1. The highest BCUT2D eigenvalue weighted by molar-refractivity contribution is 5.81. The van der Waals surface area contributed by atoms with E-state index < -0.39 is 6.03 Å². The third-order valence-electron chi connectivity index (χ3n) is 2.35. The van der Waals surface area contributed by atoms with E-state index >= 15 is 0 Å². The maximum atomic E-state index is 11.5. The summed E-state index contributed by atoms with van der Waals surface area (Å²) in [5.41, 5.74) is 4.91. The van der Waals surface area contributed by atoms with E-state index in [9.17, 15) is 9.59 Å². The second-order valence-electron chi connectivity index (χ2n) is 3.58. The summed E-state index contributed by atoms with van der Waals surface area (Å²) in [4.78, 5) is 21.8. The molecule has 1 atom stereocenters. The van der Waals surface area contributed by atoms with Crippen LogP contribution in [-0.2, 0) is 4.79 Å². The molecular formula is C9H18N4O2. The van der Waals surface area contributed by atoms with Crippen molar-refractivity contribution in [2.75, 3.05) is 19.6 Å². The lowest BCUT2D eigenvalue weighted by Crippen LogP contribution is -2.45. The Kier molecular flexibility index (Phi) is 4.89. The molecule has 1 heterocycles. The average Bonchev–Trinajstić information content (AvgIpc) is 2.38. The largest absolute Gasteiger partial charge is 0.355 e. The molecule has 1 unspecified atom stereocenters. The van der Waals surface area contributed by atoms with E-state index in [0.29, 0.717) is 13.1 Å². The first-order valence-corrected chi connectivity index (χ1v) is 5.24. The number of hydrogen-bond donors (Lipinski definition) is 4. The Morgan fingerprint density at radius 3 is 3.00 bits per heavy atom. The summed E-state index contributed by atoms with van der Waals surface area (Å²) in [5.74, 6) is 0.0478. The van der Waals surface area contributed by atoms with Crippen molar-refractivity contribution in [3.8, 4) is 0 Å². The molecule has 86 valence electrons. The molecule has 1 rings (SSSR count). The normalized spacial score (nSPS) is 21.6. The summed E-state index contributed by atoms with van der Waals surface area (Å²) in [5, 5.41) is 8.38. The van der Waals surface area contributed by atoms with E-state index in [1.807, 2.05) is 0 Å². The number of hydrogen-bond acceptors (Lipinski definition) is 3. The van der Waals surface area contributed by atoms with Crippen LogP contribution in [0.2, 0.25) is 0 Å². The molecule has 1 fully saturated rings. The minimum atomic E-state index is -0.540. The van der Waals surface area contributed by atoms with Gasteiger partial charge in [-0.15, -0.1) is 0 Å². The number of primary amides is 1. The number of carbonyl (C=O) groups excluding carboxylic acids is 2. The first-order valence-electron chi connectivity index (χ1n) is 5.24. The molecule has 0 saturated carbocycles. The van der Waals surface area contributed by atoms with Gasteiger partial charge < -0.3 is 21.7 Å². The van der Waals surface area contributed by atoms with Gasteiger partial charge in [-0.2, -0.15) is 0 Å². The van der Waals surface area contributed by atoms with Gasteiger partial charge >= 0.3 is 6.03 Å². The predicted molar refractivity (Wildman–Crippen MR) is 56.2 cm³/mol. The van der Waals surface area contributed by atoms with Crippen molar-refractivity contribution in [2.24, 2.45) is 5.73 Å². The highest BCUT2D eigenvalue weighted by Gasteiger charge is 2.19. The standard InChI is InChI=1S/C9H18N4O2/c10-9(15)13-6-5-11-7-3-1-2-4-12-8(7)14/h7,11H,1-6H2,(H,12,14)(H3,10,13,15). The van der Waals surface area contributed by atoms with Crippen molar-refractivity contribution in [2.45, 2.75) is 25.3 Å². The first-order chi connectivity index (χ1) is 7.20. The number of amides is 3. The zero-order valence-corrected chi connectivity index (χ0v) is 8.71. The van der Waals surface area contributed by atoms with E-state index in [0.717, 1.165) is 25.8 Å². The minimum Gasteiger partial charge on any atom is -0.355 e. The number of nitrogens with one attached hydrogen (secondary N) is 3. The molecule has 0 aliphatic carbocycles. The van der Waals surface area contributed by atoms with Crippen molar-refractivity contribution >= 4 is 11.9 Å². The van der Waals surface area contributed by atoms with Crippen molar-refractivity contribution in [3.63, 3.8) is 0 Å². The van der Waals surface area contributed by atoms with Gasteiger partial charge in [-0.1, -0.05) is 0 Å². The van der Waals surface area contributed by atoms with Gasteiger partial charge in [-0.25, -0.2) is 4.79 Å². The highest BCUT2D eigenvalue weighted by Crippen LogP contribution is 2.04. The molecule has 0 radical (unpaired) electrons. The van der Waals surface area contributed by atoms with Crippen molar-refractivity contribution < 1.29 is 9.59 Å². The molecule has 0 aromatic rings. The van der Waals surface area contributed by atoms with E-state index in [2.05, 4.69) is 16.0 Å². The van der Waals surface area contributed by atoms with E-state index in [-0.39, 0.29) is 11.9 Å². The van der Waals surface area contributed by atoms with Crippen molar-refractivity contribution in [1.29, 1.82) is 0 Å². The Morgan fingerprint density at radius 1 is 1.47 bits per heavy atom. The summed E-state index contributed by atoms with van der Waals surface area (Å²) in [6.45, 7) is 1.76. The van der Waals surface area contributed by atoms with Crippen molar-refractivity contribution in [1.82, 2.24) is 16.0 Å². The Bertz CT molecular complexity index is 232. The maximum Gasteiger partial charge on any atom is 0.312 e. The van der Waals surface area contributed by atoms with Gasteiger partial charge in [-0.05, 0) is 19.3 Å². The SMILES string of the molecule is NC(=O)NCCNC1CCCCNC1=O.